The van der Waals surface area contributed by atoms with Crippen LogP contribution in [0.25, 0.3) is 22.2 Å². The molecule has 1 aliphatic carbocycles. The Morgan fingerprint density at radius 3 is 2.64 bits per heavy atom. The van der Waals surface area contributed by atoms with Crippen molar-refractivity contribution >= 4 is 10.8 Å². The third-order valence-corrected chi connectivity index (χ3v) is 4.80. The second-order valence-electron chi connectivity index (χ2n) is 7.37. The molecule has 0 spiro atoms. The summed E-state index contributed by atoms with van der Waals surface area (Å²) < 4.78 is 11.3. The molecule has 0 amide bonds. The summed E-state index contributed by atoms with van der Waals surface area (Å²) >= 11 is 0. The first kappa shape index (κ1) is 16.1. The van der Waals surface area contributed by atoms with Crippen LogP contribution in [0.3, 0.4) is 0 Å². The molecule has 1 saturated carbocycles. The molecule has 1 fully saturated rings. The summed E-state index contributed by atoms with van der Waals surface area (Å²) in [6.07, 6.45) is 4.86. The molecule has 0 saturated heterocycles. The Morgan fingerprint density at radius 1 is 1.08 bits per heavy atom. The molecule has 25 heavy (non-hydrogen) atoms. The normalized spacial score (nSPS) is 15.3. The zero-order valence-electron chi connectivity index (χ0n) is 14.9. The smallest absolute Gasteiger partial charge is 0.230 e. The van der Waals surface area contributed by atoms with E-state index in [0.29, 0.717) is 17.7 Å². The van der Waals surface area contributed by atoms with Gasteiger partial charge in [-0.05, 0) is 47.7 Å². The molecule has 0 atom stereocenters. The van der Waals surface area contributed by atoms with E-state index in [0.717, 1.165) is 34.6 Å². The molecule has 1 aliphatic rings. The molecular weight excluding hydrogens is 312 g/mol. The van der Waals surface area contributed by atoms with Gasteiger partial charge in [-0.2, -0.15) is 4.98 Å². The number of hydrogen-bond donors (Lipinski definition) is 0. The molecule has 130 valence electrons. The average Bonchev–Trinajstić information content (AvgIpc) is 3.30. The van der Waals surface area contributed by atoms with Crippen molar-refractivity contribution in [3.63, 3.8) is 0 Å². The maximum Gasteiger partial charge on any atom is 0.230 e. The van der Waals surface area contributed by atoms with Gasteiger partial charge in [0.15, 0.2) is 0 Å². The molecule has 0 radical (unpaired) electrons. The van der Waals surface area contributed by atoms with Crippen LogP contribution in [0.1, 0.15) is 51.3 Å². The highest BCUT2D eigenvalue weighted by molar-refractivity contribution is 5.87. The number of rotatable bonds is 5. The lowest BCUT2D eigenvalue weighted by Crippen LogP contribution is -2.04. The number of hydrogen-bond acceptors (Lipinski definition) is 4. The van der Waals surface area contributed by atoms with E-state index >= 15 is 0 Å². The number of ether oxygens (including phenoxy) is 1. The van der Waals surface area contributed by atoms with Crippen LogP contribution >= 0.6 is 0 Å². The predicted molar refractivity (Wildman–Crippen MR) is 98.8 cm³/mol. The first-order chi connectivity index (χ1) is 12.2. The summed E-state index contributed by atoms with van der Waals surface area (Å²) in [5.41, 5.74) is 0.997. The van der Waals surface area contributed by atoms with Crippen LogP contribution in [0.2, 0.25) is 0 Å². The van der Waals surface area contributed by atoms with E-state index < -0.39 is 0 Å². The van der Waals surface area contributed by atoms with E-state index in [-0.39, 0.29) is 0 Å². The van der Waals surface area contributed by atoms with Crippen LogP contribution in [0, 0.1) is 5.92 Å². The number of benzene rings is 2. The SMILES string of the molecule is CC(C)COc1ccc2cc(-c3noc(C4CCCC4)n3)ccc2c1. The Bertz CT molecular complexity index is 863. The van der Waals surface area contributed by atoms with Gasteiger partial charge in [0.25, 0.3) is 0 Å². The molecule has 4 rings (SSSR count). The Hall–Kier alpha value is -2.36. The number of nitrogens with zero attached hydrogens (tertiary/aromatic N) is 2. The largest absolute Gasteiger partial charge is 0.493 e. The third kappa shape index (κ3) is 3.53. The zero-order valence-corrected chi connectivity index (χ0v) is 14.9. The lowest BCUT2D eigenvalue weighted by atomic mass is 10.1. The van der Waals surface area contributed by atoms with Gasteiger partial charge in [0, 0.05) is 11.5 Å². The third-order valence-electron chi connectivity index (χ3n) is 4.80. The molecule has 1 heterocycles. The fourth-order valence-corrected chi connectivity index (χ4v) is 3.41. The Balaban J connectivity index is 1.57. The van der Waals surface area contributed by atoms with E-state index in [2.05, 4.69) is 54.3 Å². The van der Waals surface area contributed by atoms with Gasteiger partial charge in [0.2, 0.25) is 11.7 Å². The predicted octanol–water partition coefficient (Wildman–Crippen LogP) is 5.58. The van der Waals surface area contributed by atoms with Crippen LogP contribution in [-0.4, -0.2) is 16.7 Å². The number of aromatic nitrogens is 2. The van der Waals surface area contributed by atoms with E-state index in [1.54, 1.807) is 0 Å². The molecule has 4 heteroatoms. The molecule has 0 aliphatic heterocycles. The summed E-state index contributed by atoms with van der Waals surface area (Å²) in [5, 5.41) is 6.50. The summed E-state index contributed by atoms with van der Waals surface area (Å²) in [4.78, 5) is 4.63. The Labute approximate surface area is 148 Å². The van der Waals surface area contributed by atoms with Gasteiger partial charge in [-0.3, -0.25) is 0 Å². The van der Waals surface area contributed by atoms with Crippen molar-refractivity contribution in [2.75, 3.05) is 6.61 Å². The standard InChI is InChI=1S/C21H24N2O2/c1-14(2)13-24-19-10-9-16-11-18(8-7-17(16)12-19)20-22-21(25-23-20)15-5-3-4-6-15/h7-12,14-15H,3-6,13H2,1-2H3. The fraction of sp³-hybridized carbons (Fsp3) is 0.429. The van der Waals surface area contributed by atoms with Gasteiger partial charge >= 0.3 is 0 Å². The van der Waals surface area contributed by atoms with Gasteiger partial charge in [0.1, 0.15) is 5.75 Å². The minimum absolute atomic E-state index is 0.447. The van der Waals surface area contributed by atoms with Crippen LogP contribution in [0.4, 0.5) is 0 Å². The van der Waals surface area contributed by atoms with Gasteiger partial charge in [-0.25, -0.2) is 0 Å². The van der Waals surface area contributed by atoms with Crippen molar-refractivity contribution < 1.29 is 9.26 Å². The Kier molecular flexibility index (Phi) is 4.43. The van der Waals surface area contributed by atoms with Crippen LogP contribution in [0.5, 0.6) is 5.75 Å². The zero-order chi connectivity index (χ0) is 17.2. The quantitative estimate of drug-likeness (QED) is 0.610. The van der Waals surface area contributed by atoms with Crippen LogP contribution in [-0.2, 0) is 0 Å². The summed E-state index contributed by atoms with van der Waals surface area (Å²) in [6, 6.07) is 12.5. The first-order valence-corrected chi connectivity index (χ1v) is 9.19. The maximum absolute atomic E-state index is 5.81. The van der Waals surface area contributed by atoms with Gasteiger partial charge in [-0.15, -0.1) is 0 Å². The van der Waals surface area contributed by atoms with Crippen molar-refractivity contribution in [3.05, 3.63) is 42.3 Å². The molecule has 0 N–H and O–H groups in total. The van der Waals surface area contributed by atoms with Crippen molar-refractivity contribution in [2.24, 2.45) is 5.92 Å². The van der Waals surface area contributed by atoms with Crippen LogP contribution in [0.15, 0.2) is 40.9 Å². The van der Waals surface area contributed by atoms with Crippen molar-refractivity contribution in [1.82, 2.24) is 10.1 Å². The highest BCUT2D eigenvalue weighted by Crippen LogP contribution is 2.34. The molecular formula is C21H24N2O2. The minimum Gasteiger partial charge on any atom is -0.493 e. The lowest BCUT2D eigenvalue weighted by Gasteiger charge is -2.09. The fourth-order valence-electron chi connectivity index (χ4n) is 3.41. The molecule has 2 aromatic carbocycles. The van der Waals surface area contributed by atoms with Gasteiger partial charge in [0.05, 0.1) is 6.61 Å². The maximum atomic E-state index is 5.81. The van der Waals surface area contributed by atoms with Crippen molar-refractivity contribution in [3.8, 4) is 17.1 Å². The lowest BCUT2D eigenvalue weighted by molar-refractivity contribution is 0.271. The van der Waals surface area contributed by atoms with E-state index in [1.165, 1.54) is 25.7 Å². The van der Waals surface area contributed by atoms with E-state index in [9.17, 15) is 0 Å². The summed E-state index contributed by atoms with van der Waals surface area (Å²) in [6.45, 7) is 5.03. The van der Waals surface area contributed by atoms with Crippen molar-refractivity contribution in [1.29, 1.82) is 0 Å². The minimum atomic E-state index is 0.447. The highest BCUT2D eigenvalue weighted by atomic mass is 16.5. The van der Waals surface area contributed by atoms with Crippen LogP contribution < -0.4 is 4.74 Å². The number of fused-ring (bicyclic) bond motifs is 1. The monoisotopic (exact) mass is 336 g/mol. The molecule has 1 aromatic heterocycles. The van der Waals surface area contributed by atoms with E-state index in [1.807, 2.05) is 6.07 Å². The Morgan fingerprint density at radius 2 is 1.84 bits per heavy atom. The first-order valence-electron chi connectivity index (χ1n) is 9.19. The highest BCUT2D eigenvalue weighted by Gasteiger charge is 2.23. The summed E-state index contributed by atoms with van der Waals surface area (Å²) in [5.74, 6) is 3.36. The molecule has 4 nitrogen and oxygen atoms in total. The molecule has 0 bridgehead atoms. The van der Waals surface area contributed by atoms with Crippen molar-refractivity contribution in [2.45, 2.75) is 45.4 Å². The second-order valence-corrected chi connectivity index (χ2v) is 7.37. The summed E-state index contributed by atoms with van der Waals surface area (Å²) in [7, 11) is 0. The topological polar surface area (TPSA) is 48.2 Å². The second kappa shape index (κ2) is 6.87. The van der Waals surface area contributed by atoms with Gasteiger partial charge in [-0.1, -0.05) is 50.0 Å². The van der Waals surface area contributed by atoms with E-state index in [4.69, 9.17) is 9.26 Å². The average molecular weight is 336 g/mol. The van der Waals surface area contributed by atoms with Gasteiger partial charge < -0.3 is 9.26 Å². The molecule has 0 unspecified atom stereocenters. The molecule has 3 aromatic rings.